The van der Waals surface area contributed by atoms with Crippen LogP contribution in [0.4, 0.5) is 0 Å². The highest BCUT2D eigenvalue weighted by Gasteiger charge is 2.27. The van der Waals surface area contributed by atoms with Crippen LogP contribution in [0.2, 0.25) is 0 Å². The van der Waals surface area contributed by atoms with Crippen LogP contribution in [-0.4, -0.2) is 95.7 Å². The van der Waals surface area contributed by atoms with E-state index in [1.807, 2.05) is 21.1 Å². The number of hydrogen-bond donors (Lipinski definition) is 2. The lowest BCUT2D eigenvalue weighted by molar-refractivity contribution is -0.870. The summed E-state index contributed by atoms with van der Waals surface area (Å²) < 4.78 is 26.8. The lowest BCUT2D eigenvalue weighted by Crippen LogP contribution is -2.38. The van der Waals surface area contributed by atoms with Crippen molar-refractivity contribution in [3.63, 3.8) is 0 Å². The second-order valence-electron chi connectivity index (χ2n) is 8.89. The summed E-state index contributed by atoms with van der Waals surface area (Å²) >= 11 is 4.23. The number of thiol groups is 1. The first kappa shape index (κ1) is 32.5. The summed E-state index contributed by atoms with van der Waals surface area (Å²) in [6, 6.07) is 0. The zero-order valence-corrected chi connectivity index (χ0v) is 22.5. The minimum absolute atomic E-state index is 0.00265. The number of phosphoric acid groups is 1. The van der Waals surface area contributed by atoms with E-state index < -0.39 is 8.17 Å². The van der Waals surface area contributed by atoms with Crippen LogP contribution < -0.4 is 4.89 Å². The summed E-state index contributed by atoms with van der Waals surface area (Å²) in [6.45, 7) is 3.75. The van der Waals surface area contributed by atoms with E-state index in [4.69, 9.17) is 23.3 Å². The molecule has 0 aliphatic rings. The number of phosphoric ester groups is 1. The van der Waals surface area contributed by atoms with Crippen molar-refractivity contribution in [1.29, 1.82) is 0 Å². The maximum absolute atomic E-state index is 11.7. The van der Waals surface area contributed by atoms with Gasteiger partial charge in [0.1, 0.15) is 19.8 Å². The quantitative estimate of drug-likeness (QED) is 0.0857. The Kier molecular flexibility index (Phi) is 22.3. The molecule has 1 atom stereocenters. The topological polar surface area (TPSA) is 89.4 Å². The van der Waals surface area contributed by atoms with Crippen LogP contribution in [0.5, 0.6) is 0 Å². The number of nitrogens with zero attached hydrogens (tertiary/aromatic N) is 1. The molecule has 0 saturated carbocycles. The van der Waals surface area contributed by atoms with Gasteiger partial charge >= 0.3 is 8.17 Å². The van der Waals surface area contributed by atoms with E-state index in [2.05, 4.69) is 12.6 Å². The van der Waals surface area contributed by atoms with E-state index in [0.29, 0.717) is 37.5 Å². The highest BCUT2D eigenvalue weighted by atomic mass is 32.1. The van der Waals surface area contributed by atoms with Gasteiger partial charge in [0.2, 0.25) is 0 Å². The average Bonchev–Trinajstić information content (AvgIpc) is 2.71. The van der Waals surface area contributed by atoms with Gasteiger partial charge in [0.15, 0.2) is 0 Å². The van der Waals surface area contributed by atoms with Crippen LogP contribution in [-0.2, 0) is 23.3 Å². The highest BCUT2D eigenvalue weighted by molar-refractivity contribution is 7.80. The molecule has 0 heterocycles. The van der Waals surface area contributed by atoms with Crippen LogP contribution in [0.3, 0.4) is 0 Å². The summed E-state index contributed by atoms with van der Waals surface area (Å²) in [5.41, 5.74) is 0. The minimum atomic E-state index is -4.01. The number of ether oxygens (including phenoxy) is 3. The van der Waals surface area contributed by atoms with Gasteiger partial charge in [-0.1, -0.05) is 44.9 Å². The van der Waals surface area contributed by atoms with Crippen LogP contribution >= 0.6 is 20.8 Å². The molecule has 0 radical (unpaired) electrons. The number of likely N-dealkylation sites (N-methyl/N-ethyl adjacent to an activating group) is 1. The smallest absolute Gasteiger partial charge is 0.377 e. The Morgan fingerprint density at radius 2 is 1.03 bits per heavy atom. The third kappa shape index (κ3) is 26.7. The van der Waals surface area contributed by atoms with E-state index in [9.17, 15) is 9.79 Å². The van der Waals surface area contributed by atoms with Crippen molar-refractivity contribution in [2.24, 2.45) is 0 Å². The molecule has 0 aromatic rings. The SMILES string of the molecule is C[N+](C)(C)CCO[P+]([O-])(O)OCCOCCOCCOCCCCCCCCCCCS. The third-order valence-corrected chi connectivity index (χ3v) is 6.02. The van der Waals surface area contributed by atoms with Gasteiger partial charge in [-0.2, -0.15) is 26.6 Å². The van der Waals surface area contributed by atoms with E-state index >= 15 is 0 Å². The Bertz CT molecular complexity index is 401. The fraction of sp³-hybridized carbons (Fsp3) is 1.00. The summed E-state index contributed by atoms with van der Waals surface area (Å²) in [7, 11) is 1.92. The highest BCUT2D eigenvalue weighted by Crippen LogP contribution is 2.47. The monoisotopic (exact) mass is 502 g/mol. The van der Waals surface area contributed by atoms with Crippen molar-refractivity contribution in [3.05, 3.63) is 0 Å². The molecule has 0 fully saturated rings. The molecule has 0 spiro atoms. The predicted octanol–water partition coefficient (Wildman–Crippen LogP) is 3.25. The first-order valence-electron chi connectivity index (χ1n) is 12.0. The molecule has 0 rings (SSSR count). The van der Waals surface area contributed by atoms with Gasteiger partial charge < -0.3 is 23.6 Å². The Hall–Kier alpha value is 0.460. The second kappa shape index (κ2) is 22.0. The van der Waals surface area contributed by atoms with Gasteiger partial charge in [0.05, 0.1) is 54.2 Å². The zero-order valence-electron chi connectivity index (χ0n) is 20.7. The van der Waals surface area contributed by atoms with Gasteiger partial charge in [-0.15, -0.1) is 0 Å². The number of unbranched alkanes of at least 4 members (excludes halogenated alkanes) is 8. The van der Waals surface area contributed by atoms with E-state index in [1.165, 1.54) is 51.4 Å². The molecule has 0 aliphatic carbocycles. The zero-order chi connectivity index (χ0) is 24.0. The normalized spacial score (nSPS) is 14.1. The average molecular weight is 503 g/mol. The molecule has 0 aromatic carbocycles. The summed E-state index contributed by atoms with van der Waals surface area (Å²) in [5.74, 6) is 1.01. The maximum atomic E-state index is 11.7. The van der Waals surface area contributed by atoms with Crippen LogP contribution in [0.1, 0.15) is 57.8 Å². The molecule has 0 amide bonds. The summed E-state index contributed by atoms with van der Waals surface area (Å²) in [6.07, 6.45) is 11.6. The first-order valence-corrected chi connectivity index (χ1v) is 14.2. The number of quaternary nitrogens is 1. The van der Waals surface area contributed by atoms with Crippen molar-refractivity contribution in [2.45, 2.75) is 57.8 Å². The first-order chi connectivity index (χ1) is 15.3. The molecule has 10 heteroatoms. The Labute approximate surface area is 202 Å². The lowest BCUT2D eigenvalue weighted by atomic mass is 10.1. The lowest BCUT2D eigenvalue weighted by Gasteiger charge is -2.25. The third-order valence-electron chi connectivity index (χ3n) is 4.69. The molecular weight excluding hydrogens is 453 g/mol. The molecule has 8 nitrogen and oxygen atoms in total. The Balaban J connectivity index is 3.23. The fourth-order valence-corrected chi connectivity index (χ4v) is 3.69. The molecule has 1 N–H and O–H groups in total. The van der Waals surface area contributed by atoms with Crippen molar-refractivity contribution in [2.75, 3.05) is 86.3 Å². The van der Waals surface area contributed by atoms with E-state index in [1.54, 1.807) is 0 Å². The molecule has 32 heavy (non-hydrogen) atoms. The van der Waals surface area contributed by atoms with Crippen molar-refractivity contribution < 1.29 is 37.5 Å². The predicted molar refractivity (Wildman–Crippen MR) is 132 cm³/mol. The second-order valence-corrected chi connectivity index (χ2v) is 10.8. The minimum Gasteiger partial charge on any atom is -0.606 e. The van der Waals surface area contributed by atoms with Crippen molar-refractivity contribution in [3.8, 4) is 0 Å². The van der Waals surface area contributed by atoms with Gasteiger partial charge in [-0.3, -0.25) is 0 Å². The molecule has 0 aromatic heterocycles. The van der Waals surface area contributed by atoms with Gasteiger partial charge in [0.25, 0.3) is 0 Å². The molecule has 0 saturated heterocycles. The van der Waals surface area contributed by atoms with E-state index in [0.717, 1.165) is 18.8 Å². The Morgan fingerprint density at radius 1 is 0.625 bits per heavy atom. The summed E-state index contributed by atoms with van der Waals surface area (Å²) in [4.78, 5) is 21.3. The van der Waals surface area contributed by atoms with Gasteiger partial charge in [-0.25, -0.2) is 0 Å². The van der Waals surface area contributed by atoms with Crippen LogP contribution in [0.15, 0.2) is 0 Å². The van der Waals surface area contributed by atoms with Crippen LogP contribution in [0.25, 0.3) is 0 Å². The Morgan fingerprint density at radius 3 is 1.53 bits per heavy atom. The van der Waals surface area contributed by atoms with Crippen molar-refractivity contribution in [1.82, 2.24) is 0 Å². The van der Waals surface area contributed by atoms with Gasteiger partial charge in [-0.05, 0) is 18.6 Å². The maximum Gasteiger partial charge on any atom is 0.377 e. The van der Waals surface area contributed by atoms with E-state index in [-0.39, 0.29) is 19.8 Å². The standard InChI is InChI=1S/C22H48NO7PS/c1-23(2,3)13-15-29-31(24,25)30-21-20-28-19-18-27-17-16-26-14-11-9-7-5-4-6-8-10-12-22-32/h4-22H2,1-3H3,(H-,24,25,32)/p+1. The molecular formula is C22H49NO7PS+. The summed E-state index contributed by atoms with van der Waals surface area (Å²) in [5, 5.41) is 0. The van der Waals surface area contributed by atoms with Gasteiger partial charge in [0, 0.05) is 6.61 Å². The molecule has 0 bridgehead atoms. The number of rotatable bonds is 25. The largest absolute Gasteiger partial charge is 0.606 e. The molecule has 194 valence electrons. The fourth-order valence-electron chi connectivity index (χ4n) is 2.77. The van der Waals surface area contributed by atoms with Crippen molar-refractivity contribution >= 4 is 20.8 Å². The van der Waals surface area contributed by atoms with Crippen LogP contribution in [0, 0.1) is 0 Å². The molecule has 1 unspecified atom stereocenters. The molecule has 0 aliphatic heterocycles. The number of hydrogen-bond acceptors (Lipinski definition) is 8.